The van der Waals surface area contributed by atoms with Gasteiger partial charge in [0.1, 0.15) is 11.5 Å². The lowest BCUT2D eigenvalue weighted by Gasteiger charge is -2.11. The topological polar surface area (TPSA) is 85.6 Å². The molecule has 0 heterocycles. The standard InChI is InChI=1S/C12H19N3O3/c1-17-10-4-3-9(11(7-10)18-2)8-14-5-6-15-12(13)16/h3-4,7,14H,5-6,8H2,1-2H3,(H3,13,15,16). The van der Waals surface area contributed by atoms with E-state index in [1.165, 1.54) is 0 Å². The van der Waals surface area contributed by atoms with E-state index in [1.54, 1.807) is 14.2 Å². The minimum Gasteiger partial charge on any atom is -0.497 e. The van der Waals surface area contributed by atoms with Crippen molar-refractivity contribution in [2.45, 2.75) is 6.54 Å². The van der Waals surface area contributed by atoms with Gasteiger partial charge in [0.25, 0.3) is 0 Å². The van der Waals surface area contributed by atoms with Crippen molar-refractivity contribution >= 4 is 6.03 Å². The lowest BCUT2D eigenvalue weighted by Crippen LogP contribution is -2.35. The molecule has 0 radical (unpaired) electrons. The highest BCUT2D eigenvalue weighted by molar-refractivity contribution is 5.71. The number of carbonyl (C=O) groups excluding carboxylic acids is 1. The zero-order chi connectivity index (χ0) is 13.4. The maximum atomic E-state index is 10.5. The Labute approximate surface area is 106 Å². The fourth-order valence-corrected chi connectivity index (χ4v) is 1.50. The van der Waals surface area contributed by atoms with E-state index in [2.05, 4.69) is 10.6 Å². The highest BCUT2D eigenvalue weighted by atomic mass is 16.5. The molecule has 0 fully saturated rings. The van der Waals surface area contributed by atoms with Crippen LogP contribution in [0.4, 0.5) is 4.79 Å². The Balaban J connectivity index is 2.44. The minimum atomic E-state index is -0.515. The summed E-state index contributed by atoms with van der Waals surface area (Å²) in [6.07, 6.45) is 0. The van der Waals surface area contributed by atoms with Crippen LogP contribution in [0.25, 0.3) is 0 Å². The zero-order valence-corrected chi connectivity index (χ0v) is 10.7. The molecule has 6 heteroatoms. The first-order valence-electron chi connectivity index (χ1n) is 5.62. The highest BCUT2D eigenvalue weighted by Gasteiger charge is 2.04. The van der Waals surface area contributed by atoms with E-state index in [0.29, 0.717) is 19.6 Å². The molecule has 0 aliphatic carbocycles. The molecular formula is C12H19N3O3. The lowest BCUT2D eigenvalue weighted by molar-refractivity contribution is 0.249. The average molecular weight is 253 g/mol. The molecule has 0 bridgehead atoms. The first-order chi connectivity index (χ1) is 8.67. The van der Waals surface area contributed by atoms with Gasteiger partial charge in [0.15, 0.2) is 0 Å². The lowest BCUT2D eigenvalue weighted by atomic mass is 10.2. The molecule has 4 N–H and O–H groups in total. The number of benzene rings is 1. The molecule has 0 unspecified atom stereocenters. The number of nitrogens with two attached hydrogens (primary N) is 1. The van der Waals surface area contributed by atoms with E-state index in [-0.39, 0.29) is 0 Å². The maximum Gasteiger partial charge on any atom is 0.312 e. The van der Waals surface area contributed by atoms with Crippen LogP contribution in [0.2, 0.25) is 0 Å². The van der Waals surface area contributed by atoms with E-state index in [0.717, 1.165) is 17.1 Å². The molecule has 0 saturated carbocycles. The molecule has 6 nitrogen and oxygen atoms in total. The fraction of sp³-hybridized carbons (Fsp3) is 0.417. The van der Waals surface area contributed by atoms with Crippen molar-refractivity contribution in [1.82, 2.24) is 10.6 Å². The SMILES string of the molecule is COc1ccc(CNCCNC(N)=O)c(OC)c1. The van der Waals surface area contributed by atoms with Crippen LogP contribution < -0.4 is 25.8 Å². The second kappa shape index (κ2) is 7.39. The number of urea groups is 1. The van der Waals surface area contributed by atoms with Crippen LogP contribution in [0.1, 0.15) is 5.56 Å². The van der Waals surface area contributed by atoms with Crippen LogP contribution >= 0.6 is 0 Å². The first-order valence-corrected chi connectivity index (χ1v) is 5.62. The predicted octanol–water partition coefficient (Wildman–Crippen LogP) is 0.462. The second-order valence-corrected chi connectivity index (χ2v) is 3.65. The van der Waals surface area contributed by atoms with Gasteiger partial charge in [-0.1, -0.05) is 6.07 Å². The van der Waals surface area contributed by atoms with Gasteiger partial charge in [-0.05, 0) is 6.07 Å². The number of carbonyl (C=O) groups is 1. The molecule has 18 heavy (non-hydrogen) atoms. The molecular weight excluding hydrogens is 234 g/mol. The monoisotopic (exact) mass is 253 g/mol. The van der Waals surface area contributed by atoms with Gasteiger partial charge >= 0.3 is 6.03 Å². The number of amides is 2. The van der Waals surface area contributed by atoms with E-state index in [4.69, 9.17) is 15.2 Å². The van der Waals surface area contributed by atoms with Crippen molar-refractivity contribution < 1.29 is 14.3 Å². The van der Waals surface area contributed by atoms with Crippen LogP contribution in [0.5, 0.6) is 11.5 Å². The molecule has 0 aliphatic heterocycles. The van der Waals surface area contributed by atoms with Crippen molar-refractivity contribution in [1.29, 1.82) is 0 Å². The Morgan fingerprint density at radius 3 is 2.67 bits per heavy atom. The van der Waals surface area contributed by atoms with Gasteiger partial charge in [-0.25, -0.2) is 4.79 Å². The second-order valence-electron chi connectivity index (χ2n) is 3.65. The van der Waals surface area contributed by atoms with Gasteiger partial charge in [-0.3, -0.25) is 0 Å². The average Bonchev–Trinajstić information content (AvgIpc) is 2.38. The maximum absolute atomic E-state index is 10.5. The van der Waals surface area contributed by atoms with Crippen molar-refractivity contribution in [2.75, 3.05) is 27.3 Å². The van der Waals surface area contributed by atoms with Crippen LogP contribution in [0.15, 0.2) is 18.2 Å². The van der Waals surface area contributed by atoms with Gasteiger partial charge in [0, 0.05) is 31.3 Å². The zero-order valence-electron chi connectivity index (χ0n) is 10.7. The quantitative estimate of drug-likeness (QED) is 0.616. The largest absolute Gasteiger partial charge is 0.497 e. The number of hydrogen-bond donors (Lipinski definition) is 3. The summed E-state index contributed by atoms with van der Waals surface area (Å²) in [7, 11) is 3.23. The number of primary amides is 1. The van der Waals surface area contributed by atoms with Gasteiger partial charge in [-0.2, -0.15) is 0 Å². The van der Waals surface area contributed by atoms with Crippen molar-refractivity contribution in [3.05, 3.63) is 23.8 Å². The van der Waals surface area contributed by atoms with Gasteiger partial charge in [0.2, 0.25) is 0 Å². The number of rotatable bonds is 7. The summed E-state index contributed by atoms with van der Waals surface area (Å²) < 4.78 is 10.4. The number of nitrogens with one attached hydrogen (secondary N) is 2. The van der Waals surface area contributed by atoms with E-state index < -0.39 is 6.03 Å². The van der Waals surface area contributed by atoms with Gasteiger partial charge in [-0.15, -0.1) is 0 Å². The molecule has 2 amide bonds. The number of hydrogen-bond acceptors (Lipinski definition) is 4. The molecule has 1 rings (SSSR count). The van der Waals surface area contributed by atoms with E-state index in [1.807, 2.05) is 18.2 Å². The molecule has 1 aromatic carbocycles. The molecule has 0 saturated heterocycles. The Morgan fingerprint density at radius 2 is 2.06 bits per heavy atom. The third-order valence-electron chi connectivity index (χ3n) is 2.41. The summed E-state index contributed by atoms with van der Waals surface area (Å²) >= 11 is 0. The predicted molar refractivity (Wildman–Crippen MR) is 68.8 cm³/mol. The molecule has 0 atom stereocenters. The van der Waals surface area contributed by atoms with Crippen LogP contribution in [-0.2, 0) is 6.54 Å². The number of methoxy groups -OCH3 is 2. The summed E-state index contributed by atoms with van der Waals surface area (Å²) in [6.45, 7) is 1.78. The summed E-state index contributed by atoms with van der Waals surface area (Å²) in [4.78, 5) is 10.5. The smallest absolute Gasteiger partial charge is 0.312 e. The number of ether oxygens (including phenoxy) is 2. The van der Waals surface area contributed by atoms with Crippen LogP contribution in [0.3, 0.4) is 0 Å². The summed E-state index contributed by atoms with van der Waals surface area (Å²) in [5.41, 5.74) is 5.98. The van der Waals surface area contributed by atoms with Crippen molar-refractivity contribution in [3.63, 3.8) is 0 Å². The Bertz CT molecular complexity index is 396. The van der Waals surface area contributed by atoms with E-state index >= 15 is 0 Å². The fourth-order valence-electron chi connectivity index (χ4n) is 1.50. The summed E-state index contributed by atoms with van der Waals surface area (Å²) in [6, 6.07) is 5.13. The normalized spacial score (nSPS) is 9.89. The Hall–Kier alpha value is -1.95. The van der Waals surface area contributed by atoms with Gasteiger partial charge < -0.3 is 25.8 Å². The van der Waals surface area contributed by atoms with Crippen molar-refractivity contribution in [2.24, 2.45) is 5.73 Å². The molecule has 0 aliphatic rings. The third-order valence-corrected chi connectivity index (χ3v) is 2.41. The summed E-state index contributed by atoms with van der Waals surface area (Å²) in [5, 5.41) is 5.68. The van der Waals surface area contributed by atoms with Crippen LogP contribution in [-0.4, -0.2) is 33.3 Å². The molecule has 0 spiro atoms. The minimum absolute atomic E-state index is 0.494. The first kappa shape index (κ1) is 14.1. The van der Waals surface area contributed by atoms with Crippen molar-refractivity contribution in [3.8, 4) is 11.5 Å². The van der Waals surface area contributed by atoms with Crippen LogP contribution in [0, 0.1) is 0 Å². The van der Waals surface area contributed by atoms with E-state index in [9.17, 15) is 4.79 Å². The third kappa shape index (κ3) is 4.50. The Kier molecular flexibility index (Phi) is 5.79. The molecule has 1 aromatic rings. The summed E-state index contributed by atoms with van der Waals surface area (Å²) in [5.74, 6) is 1.52. The molecule has 0 aromatic heterocycles. The Morgan fingerprint density at radius 1 is 1.28 bits per heavy atom. The highest BCUT2D eigenvalue weighted by Crippen LogP contribution is 2.24. The molecule has 100 valence electrons. The van der Waals surface area contributed by atoms with Gasteiger partial charge in [0.05, 0.1) is 14.2 Å².